The standard InChI is InChI=1S/C26H28ClN3O4S/c1-19-10-9-11-21(16-19)17-29(20(2)26(32)28-3)25(31)18-30(24-15-8-7-14-23(24)27)35(33,34)22-12-5-4-6-13-22/h4-16,20H,17-18H2,1-3H3,(H,28,32)/t20-/m0/s1. The molecule has 3 aromatic carbocycles. The van der Waals surface area contributed by atoms with Crippen LogP contribution >= 0.6 is 11.6 Å². The molecule has 1 N–H and O–H groups in total. The van der Waals surface area contributed by atoms with Gasteiger partial charge in [-0.2, -0.15) is 0 Å². The number of rotatable bonds is 9. The Hall–Kier alpha value is -3.36. The molecule has 0 heterocycles. The van der Waals surface area contributed by atoms with Gasteiger partial charge in [-0.1, -0.05) is 71.8 Å². The average Bonchev–Trinajstić information content (AvgIpc) is 2.85. The molecule has 7 nitrogen and oxygen atoms in total. The molecule has 1 atom stereocenters. The molecule has 9 heteroatoms. The van der Waals surface area contributed by atoms with Crippen LogP contribution in [0.1, 0.15) is 18.1 Å². The second kappa shape index (κ2) is 11.4. The molecule has 0 spiro atoms. The van der Waals surface area contributed by atoms with E-state index in [0.717, 1.165) is 15.4 Å². The number of sulfonamides is 1. The van der Waals surface area contributed by atoms with Crippen LogP contribution in [0.3, 0.4) is 0 Å². The van der Waals surface area contributed by atoms with E-state index in [9.17, 15) is 18.0 Å². The fraction of sp³-hybridized carbons (Fsp3) is 0.231. The van der Waals surface area contributed by atoms with Crippen molar-refractivity contribution in [3.8, 4) is 0 Å². The van der Waals surface area contributed by atoms with Crippen LogP contribution < -0.4 is 9.62 Å². The minimum atomic E-state index is -4.14. The third kappa shape index (κ3) is 6.21. The van der Waals surface area contributed by atoms with Crippen LogP contribution in [0.2, 0.25) is 5.02 Å². The van der Waals surface area contributed by atoms with Crippen LogP contribution in [0.15, 0.2) is 83.8 Å². The molecule has 0 aliphatic rings. The van der Waals surface area contributed by atoms with Gasteiger partial charge in [-0.15, -0.1) is 0 Å². The van der Waals surface area contributed by atoms with Crippen molar-refractivity contribution in [1.29, 1.82) is 0 Å². The second-order valence-electron chi connectivity index (χ2n) is 8.08. The Morgan fingerprint density at radius 2 is 1.63 bits per heavy atom. The molecule has 3 aromatic rings. The number of halogens is 1. The number of aryl methyl sites for hydroxylation is 1. The number of carbonyl (C=O) groups is 2. The minimum Gasteiger partial charge on any atom is -0.357 e. The number of likely N-dealkylation sites (N-methyl/N-ethyl adjacent to an activating group) is 1. The quantitative estimate of drug-likeness (QED) is 0.468. The van der Waals surface area contributed by atoms with E-state index in [1.807, 2.05) is 31.2 Å². The summed E-state index contributed by atoms with van der Waals surface area (Å²) in [6.07, 6.45) is 0. The van der Waals surface area contributed by atoms with Crippen LogP contribution in [-0.2, 0) is 26.2 Å². The molecule has 0 unspecified atom stereocenters. The predicted molar refractivity (Wildman–Crippen MR) is 138 cm³/mol. The molecule has 0 aliphatic heterocycles. The van der Waals surface area contributed by atoms with Crippen LogP contribution in [0.4, 0.5) is 5.69 Å². The molecule has 184 valence electrons. The third-order valence-corrected chi connectivity index (χ3v) is 7.67. The third-order valence-electron chi connectivity index (χ3n) is 5.58. The maximum absolute atomic E-state index is 13.7. The van der Waals surface area contributed by atoms with Gasteiger partial charge in [0.2, 0.25) is 11.8 Å². The first-order chi connectivity index (χ1) is 16.6. The zero-order valence-electron chi connectivity index (χ0n) is 19.8. The minimum absolute atomic E-state index is 0.0253. The summed E-state index contributed by atoms with van der Waals surface area (Å²) in [5, 5.41) is 2.75. The Labute approximate surface area is 211 Å². The SMILES string of the molecule is CNC(=O)[C@H](C)N(Cc1cccc(C)c1)C(=O)CN(c1ccccc1Cl)S(=O)(=O)c1ccccc1. The summed E-state index contributed by atoms with van der Waals surface area (Å²) in [6.45, 7) is 3.15. The molecular formula is C26H28ClN3O4S. The highest BCUT2D eigenvalue weighted by Gasteiger charge is 2.33. The lowest BCUT2D eigenvalue weighted by Gasteiger charge is -2.32. The van der Waals surface area contributed by atoms with E-state index in [4.69, 9.17) is 11.6 Å². The van der Waals surface area contributed by atoms with Crippen molar-refractivity contribution < 1.29 is 18.0 Å². The molecule has 0 saturated heterocycles. The summed E-state index contributed by atoms with van der Waals surface area (Å²) in [7, 11) is -2.65. The van der Waals surface area contributed by atoms with Crippen molar-refractivity contribution in [3.63, 3.8) is 0 Å². The first-order valence-electron chi connectivity index (χ1n) is 11.0. The first-order valence-corrected chi connectivity index (χ1v) is 12.9. The molecule has 0 bridgehead atoms. The summed E-state index contributed by atoms with van der Waals surface area (Å²) < 4.78 is 28.2. The van der Waals surface area contributed by atoms with E-state index in [1.165, 1.54) is 24.1 Å². The van der Waals surface area contributed by atoms with Gasteiger partial charge in [0.25, 0.3) is 10.0 Å². The highest BCUT2D eigenvalue weighted by Crippen LogP contribution is 2.30. The number of para-hydroxylation sites is 1. The van der Waals surface area contributed by atoms with Crippen molar-refractivity contribution in [2.45, 2.75) is 31.3 Å². The van der Waals surface area contributed by atoms with Crippen molar-refractivity contribution in [1.82, 2.24) is 10.2 Å². The van der Waals surface area contributed by atoms with E-state index in [2.05, 4.69) is 5.32 Å². The Morgan fingerprint density at radius 3 is 2.26 bits per heavy atom. The molecule has 0 aromatic heterocycles. The lowest BCUT2D eigenvalue weighted by atomic mass is 10.1. The summed E-state index contributed by atoms with van der Waals surface area (Å²) in [6, 6.07) is 21.0. The van der Waals surface area contributed by atoms with Crippen molar-refractivity contribution in [2.24, 2.45) is 0 Å². The number of anilines is 1. The van der Waals surface area contributed by atoms with Crippen molar-refractivity contribution >= 4 is 39.1 Å². The summed E-state index contributed by atoms with van der Waals surface area (Å²) in [4.78, 5) is 27.5. The fourth-order valence-electron chi connectivity index (χ4n) is 3.69. The highest BCUT2D eigenvalue weighted by atomic mass is 35.5. The van der Waals surface area contributed by atoms with E-state index < -0.39 is 28.5 Å². The van der Waals surface area contributed by atoms with E-state index in [-0.39, 0.29) is 28.1 Å². The summed E-state index contributed by atoms with van der Waals surface area (Å²) >= 11 is 6.36. The monoisotopic (exact) mass is 513 g/mol. The Morgan fingerprint density at radius 1 is 0.971 bits per heavy atom. The van der Waals surface area contributed by atoms with Gasteiger partial charge in [0.05, 0.1) is 15.6 Å². The highest BCUT2D eigenvalue weighted by molar-refractivity contribution is 7.92. The molecule has 2 amide bonds. The van der Waals surface area contributed by atoms with Crippen LogP contribution in [-0.4, -0.2) is 44.8 Å². The normalized spacial score (nSPS) is 12.0. The molecule has 0 radical (unpaired) electrons. The van der Waals surface area contributed by atoms with E-state index in [0.29, 0.717) is 0 Å². The van der Waals surface area contributed by atoms with Crippen molar-refractivity contribution in [3.05, 3.63) is 95.0 Å². The lowest BCUT2D eigenvalue weighted by Crippen LogP contribution is -2.50. The molecule has 3 rings (SSSR count). The Balaban J connectivity index is 2.04. The van der Waals surface area contributed by atoms with Gasteiger partial charge in [0.1, 0.15) is 12.6 Å². The van der Waals surface area contributed by atoms with Crippen LogP contribution in [0.25, 0.3) is 0 Å². The number of amides is 2. The predicted octanol–water partition coefficient (Wildman–Crippen LogP) is 4.01. The maximum Gasteiger partial charge on any atom is 0.264 e. The van der Waals surface area contributed by atoms with Crippen molar-refractivity contribution in [2.75, 3.05) is 17.9 Å². The topological polar surface area (TPSA) is 86.8 Å². The van der Waals surface area contributed by atoms with E-state index in [1.54, 1.807) is 49.4 Å². The zero-order valence-corrected chi connectivity index (χ0v) is 21.4. The molecule has 0 fully saturated rings. The zero-order chi connectivity index (χ0) is 25.6. The summed E-state index contributed by atoms with van der Waals surface area (Å²) in [5.41, 5.74) is 2.01. The number of hydrogen-bond donors (Lipinski definition) is 1. The van der Waals surface area contributed by atoms with Gasteiger partial charge in [0, 0.05) is 13.6 Å². The van der Waals surface area contributed by atoms with Gasteiger partial charge in [-0.05, 0) is 43.7 Å². The van der Waals surface area contributed by atoms with E-state index >= 15 is 0 Å². The number of nitrogens with one attached hydrogen (secondary N) is 1. The fourth-order valence-corrected chi connectivity index (χ4v) is 5.43. The smallest absolute Gasteiger partial charge is 0.264 e. The second-order valence-corrected chi connectivity index (χ2v) is 10.3. The first kappa shape index (κ1) is 26.2. The van der Waals surface area contributed by atoms with Crippen LogP contribution in [0, 0.1) is 6.92 Å². The van der Waals surface area contributed by atoms with Gasteiger partial charge in [-0.3, -0.25) is 13.9 Å². The van der Waals surface area contributed by atoms with Gasteiger partial charge < -0.3 is 10.2 Å². The Kier molecular flexibility index (Phi) is 8.53. The number of hydrogen-bond acceptors (Lipinski definition) is 4. The van der Waals surface area contributed by atoms with Crippen LogP contribution in [0.5, 0.6) is 0 Å². The lowest BCUT2D eigenvalue weighted by molar-refractivity contribution is -0.139. The largest absolute Gasteiger partial charge is 0.357 e. The number of benzene rings is 3. The average molecular weight is 514 g/mol. The van der Waals surface area contributed by atoms with Gasteiger partial charge in [-0.25, -0.2) is 8.42 Å². The number of nitrogens with zero attached hydrogens (tertiary/aromatic N) is 2. The molecule has 35 heavy (non-hydrogen) atoms. The summed E-state index contributed by atoms with van der Waals surface area (Å²) in [5.74, 6) is -0.900. The van der Waals surface area contributed by atoms with Gasteiger partial charge >= 0.3 is 0 Å². The van der Waals surface area contributed by atoms with Gasteiger partial charge in [0.15, 0.2) is 0 Å². The number of carbonyl (C=O) groups excluding carboxylic acids is 2. The molecular weight excluding hydrogens is 486 g/mol. The Bertz CT molecular complexity index is 1300. The maximum atomic E-state index is 13.7. The molecule has 0 aliphatic carbocycles. The molecule has 0 saturated carbocycles.